The molecule has 0 aliphatic rings. The molecule has 0 N–H and O–H groups in total. The van der Waals surface area contributed by atoms with Gasteiger partial charge in [0, 0.05) is 0 Å². The van der Waals surface area contributed by atoms with Crippen LogP contribution in [0.25, 0.3) is 5.69 Å². The molecule has 0 aliphatic heterocycles. The molecule has 0 saturated carbocycles. The lowest BCUT2D eigenvalue weighted by Gasteiger charge is -2.16. The van der Waals surface area contributed by atoms with E-state index in [9.17, 15) is 5.26 Å². The van der Waals surface area contributed by atoms with E-state index >= 15 is 0 Å². The van der Waals surface area contributed by atoms with Gasteiger partial charge in [-0.2, -0.15) is 10.4 Å². The number of hydrogen-bond donors (Lipinski definition) is 0. The summed E-state index contributed by atoms with van der Waals surface area (Å²) in [5, 5.41) is 13.6. The molecule has 0 fully saturated rings. The van der Waals surface area contributed by atoms with Gasteiger partial charge >= 0.3 is 0 Å². The van der Waals surface area contributed by atoms with E-state index in [1.54, 1.807) is 6.20 Å². The van der Waals surface area contributed by atoms with E-state index in [1.165, 1.54) is 16.7 Å². The van der Waals surface area contributed by atoms with Gasteiger partial charge in [-0.15, -0.1) is 0 Å². The van der Waals surface area contributed by atoms with Crippen molar-refractivity contribution in [3.8, 4) is 11.8 Å². The Kier molecular flexibility index (Phi) is 3.44. The van der Waals surface area contributed by atoms with Crippen molar-refractivity contribution in [1.82, 2.24) is 9.78 Å². The first-order valence-electron chi connectivity index (χ1n) is 6.52. The van der Waals surface area contributed by atoms with Gasteiger partial charge in [-0.1, -0.05) is 31.5 Å². The third-order valence-electron chi connectivity index (χ3n) is 3.32. The number of nitriles is 1. The first-order valence-corrected chi connectivity index (χ1v) is 6.52. The predicted molar refractivity (Wildman–Crippen MR) is 76.6 cm³/mol. The zero-order chi connectivity index (χ0) is 14.2. The Bertz CT molecular complexity index is 634. The summed E-state index contributed by atoms with van der Waals surface area (Å²) < 4.78 is 1.92. The van der Waals surface area contributed by atoms with Gasteiger partial charge in [-0.3, -0.25) is 0 Å². The van der Waals surface area contributed by atoms with Crippen molar-refractivity contribution in [2.24, 2.45) is 0 Å². The van der Waals surface area contributed by atoms with Crippen LogP contribution in [0.15, 0.2) is 18.3 Å². The van der Waals surface area contributed by atoms with Crippen LogP contribution in [-0.4, -0.2) is 9.78 Å². The monoisotopic (exact) mass is 253 g/mol. The molecule has 0 radical (unpaired) electrons. The Hall–Kier alpha value is -2.08. The summed E-state index contributed by atoms with van der Waals surface area (Å²) >= 11 is 0. The molecule has 0 bridgehead atoms. The molecule has 3 heteroatoms. The molecule has 1 aromatic heterocycles. The lowest BCUT2D eigenvalue weighted by atomic mass is 10.0. The molecular formula is C16H19N3. The van der Waals surface area contributed by atoms with Gasteiger partial charge in [0.15, 0.2) is 0 Å². The lowest BCUT2D eigenvalue weighted by Crippen LogP contribution is -2.08. The molecule has 0 amide bonds. The van der Waals surface area contributed by atoms with E-state index in [4.69, 9.17) is 0 Å². The summed E-state index contributed by atoms with van der Waals surface area (Å²) in [7, 11) is 0. The fraction of sp³-hybridized carbons (Fsp3) is 0.375. The van der Waals surface area contributed by atoms with Crippen LogP contribution in [0.4, 0.5) is 0 Å². The number of aromatic nitrogens is 2. The number of hydrogen-bond acceptors (Lipinski definition) is 2. The molecule has 0 spiro atoms. The minimum Gasteiger partial charge on any atom is -0.236 e. The Balaban J connectivity index is 2.74. The lowest BCUT2D eigenvalue weighted by molar-refractivity contribution is 0.727. The highest BCUT2D eigenvalue weighted by Crippen LogP contribution is 2.27. The van der Waals surface area contributed by atoms with Gasteiger partial charge in [-0.05, 0) is 37.8 Å². The van der Waals surface area contributed by atoms with E-state index in [-0.39, 0.29) is 5.92 Å². The van der Waals surface area contributed by atoms with Crippen LogP contribution in [0.3, 0.4) is 0 Å². The molecule has 3 nitrogen and oxygen atoms in total. The van der Waals surface area contributed by atoms with Gasteiger partial charge < -0.3 is 0 Å². The summed E-state index contributed by atoms with van der Waals surface area (Å²) in [5.74, 6) is 0.261. The number of benzene rings is 1. The standard InChI is InChI=1S/C16H19N3/c1-10(2)15-14(8-17)9-18-19(15)16-12(4)6-11(3)7-13(16)5/h6-7,9-10H,1-5H3. The maximum absolute atomic E-state index is 9.21. The fourth-order valence-electron chi connectivity index (χ4n) is 2.68. The highest BCUT2D eigenvalue weighted by molar-refractivity contribution is 5.51. The Morgan fingerprint density at radius 3 is 2.21 bits per heavy atom. The molecule has 0 aliphatic carbocycles. The molecule has 0 atom stereocenters. The second kappa shape index (κ2) is 4.89. The highest BCUT2D eigenvalue weighted by atomic mass is 15.3. The van der Waals surface area contributed by atoms with Crippen LogP contribution >= 0.6 is 0 Å². The van der Waals surface area contributed by atoms with Crippen LogP contribution in [-0.2, 0) is 0 Å². The molecule has 0 saturated heterocycles. The number of rotatable bonds is 2. The first kappa shape index (κ1) is 13.4. The Morgan fingerprint density at radius 2 is 1.74 bits per heavy atom. The average molecular weight is 253 g/mol. The van der Waals surface area contributed by atoms with Crippen molar-refractivity contribution in [3.63, 3.8) is 0 Å². The quantitative estimate of drug-likeness (QED) is 0.817. The molecule has 1 aromatic carbocycles. The predicted octanol–water partition coefficient (Wildman–Crippen LogP) is 3.79. The Morgan fingerprint density at radius 1 is 1.16 bits per heavy atom. The van der Waals surface area contributed by atoms with E-state index in [0.717, 1.165) is 11.4 Å². The topological polar surface area (TPSA) is 41.6 Å². The van der Waals surface area contributed by atoms with E-state index < -0.39 is 0 Å². The molecule has 2 rings (SSSR count). The Labute approximate surface area is 114 Å². The van der Waals surface area contributed by atoms with E-state index in [2.05, 4.69) is 57.9 Å². The SMILES string of the molecule is Cc1cc(C)c(-n2ncc(C#N)c2C(C)C)c(C)c1. The van der Waals surface area contributed by atoms with Gasteiger partial charge in [0.2, 0.25) is 0 Å². The summed E-state index contributed by atoms with van der Waals surface area (Å²) in [6, 6.07) is 6.54. The summed E-state index contributed by atoms with van der Waals surface area (Å²) in [4.78, 5) is 0. The second-order valence-corrected chi connectivity index (χ2v) is 5.37. The van der Waals surface area contributed by atoms with Gasteiger partial charge in [0.25, 0.3) is 0 Å². The second-order valence-electron chi connectivity index (χ2n) is 5.37. The molecule has 98 valence electrons. The van der Waals surface area contributed by atoms with Crippen LogP contribution < -0.4 is 0 Å². The van der Waals surface area contributed by atoms with Crippen LogP contribution in [0.2, 0.25) is 0 Å². The third-order valence-corrected chi connectivity index (χ3v) is 3.32. The van der Waals surface area contributed by atoms with Crippen LogP contribution in [0.5, 0.6) is 0 Å². The molecule has 19 heavy (non-hydrogen) atoms. The highest BCUT2D eigenvalue weighted by Gasteiger charge is 2.17. The van der Waals surface area contributed by atoms with Gasteiger partial charge in [0.1, 0.15) is 6.07 Å². The molecular weight excluding hydrogens is 234 g/mol. The fourth-order valence-corrected chi connectivity index (χ4v) is 2.68. The zero-order valence-electron chi connectivity index (χ0n) is 12.2. The third kappa shape index (κ3) is 2.26. The zero-order valence-corrected chi connectivity index (χ0v) is 12.2. The van der Waals surface area contributed by atoms with Crippen molar-refractivity contribution in [3.05, 3.63) is 46.3 Å². The van der Waals surface area contributed by atoms with Crippen molar-refractivity contribution in [2.45, 2.75) is 40.5 Å². The van der Waals surface area contributed by atoms with Crippen LogP contribution in [0.1, 0.15) is 47.7 Å². The van der Waals surface area contributed by atoms with Gasteiger partial charge in [-0.25, -0.2) is 4.68 Å². The normalized spacial score (nSPS) is 10.8. The largest absolute Gasteiger partial charge is 0.236 e. The maximum Gasteiger partial charge on any atom is 0.103 e. The van der Waals surface area contributed by atoms with Crippen molar-refractivity contribution in [2.75, 3.05) is 0 Å². The maximum atomic E-state index is 9.21. The molecule has 0 unspecified atom stereocenters. The average Bonchev–Trinajstić information content (AvgIpc) is 2.71. The minimum atomic E-state index is 0.261. The van der Waals surface area contributed by atoms with E-state index in [1.807, 2.05) is 4.68 Å². The number of nitrogens with zero attached hydrogens (tertiary/aromatic N) is 3. The molecule has 2 aromatic rings. The summed E-state index contributed by atoms with van der Waals surface area (Å²) in [6.07, 6.45) is 1.66. The van der Waals surface area contributed by atoms with Gasteiger partial charge in [0.05, 0.1) is 23.1 Å². The molecule has 1 heterocycles. The smallest absolute Gasteiger partial charge is 0.103 e. The minimum absolute atomic E-state index is 0.261. The summed E-state index contributed by atoms with van der Waals surface area (Å²) in [6.45, 7) is 10.5. The van der Waals surface area contributed by atoms with E-state index in [0.29, 0.717) is 5.56 Å². The van der Waals surface area contributed by atoms with Crippen molar-refractivity contribution in [1.29, 1.82) is 5.26 Å². The van der Waals surface area contributed by atoms with Crippen LogP contribution in [0, 0.1) is 32.1 Å². The summed E-state index contributed by atoms with van der Waals surface area (Å²) in [5.41, 5.74) is 6.36. The van der Waals surface area contributed by atoms with Crippen molar-refractivity contribution < 1.29 is 0 Å². The van der Waals surface area contributed by atoms with Crippen molar-refractivity contribution >= 4 is 0 Å². The number of aryl methyl sites for hydroxylation is 3. The first-order chi connectivity index (χ1) is 8.95.